The third-order valence-electron chi connectivity index (χ3n) is 5.28. The van der Waals surface area contributed by atoms with Gasteiger partial charge in [0.15, 0.2) is 0 Å². The molecule has 0 saturated carbocycles. The first kappa shape index (κ1) is 25.6. The van der Waals surface area contributed by atoms with E-state index in [1.807, 2.05) is 13.8 Å². The van der Waals surface area contributed by atoms with E-state index < -0.39 is 32.2 Å². The Balaban J connectivity index is 2.59. The first-order chi connectivity index (χ1) is 14.4. The van der Waals surface area contributed by atoms with Crippen molar-refractivity contribution in [2.75, 3.05) is 33.0 Å². The van der Waals surface area contributed by atoms with Crippen LogP contribution >= 0.6 is 0 Å². The van der Waals surface area contributed by atoms with Crippen molar-refractivity contribution in [3.8, 4) is 17.6 Å². The minimum atomic E-state index is -3.94. The largest absolute Gasteiger partial charge is 0.487 e. The van der Waals surface area contributed by atoms with Gasteiger partial charge in [0.05, 0.1) is 19.4 Å². The Bertz CT molecular complexity index is 1040. The molecule has 174 valence electrons. The monoisotopic (exact) mass is 472 g/mol. The number of nitrogens with zero attached hydrogens (tertiary/aromatic N) is 2. The molecule has 0 aromatic heterocycles. The van der Waals surface area contributed by atoms with Crippen molar-refractivity contribution in [1.29, 1.82) is 0 Å². The van der Waals surface area contributed by atoms with Crippen LogP contribution in [-0.4, -0.2) is 75.7 Å². The number of sulfonamides is 2. The lowest BCUT2D eigenvalue weighted by atomic mass is 10.0. The van der Waals surface area contributed by atoms with Crippen LogP contribution in [0, 0.1) is 17.8 Å². The van der Waals surface area contributed by atoms with Gasteiger partial charge in [0.25, 0.3) is 0 Å². The molecule has 0 radical (unpaired) electrons. The average Bonchev–Trinajstić information content (AvgIpc) is 2.69. The summed E-state index contributed by atoms with van der Waals surface area (Å²) in [6.07, 6.45) is 2.15. The van der Waals surface area contributed by atoms with Crippen LogP contribution < -0.4 is 4.74 Å². The highest BCUT2D eigenvalue weighted by Gasteiger charge is 2.38. The second kappa shape index (κ2) is 10.3. The SMILES string of the molecule is CCCC#Cc1ccc2c(c1)O[C@H](CN(C)S(C)(=O)=O)[C@@H](C)CN([C@H](C)CO)S2(=O)=O. The van der Waals surface area contributed by atoms with Gasteiger partial charge >= 0.3 is 0 Å². The predicted molar refractivity (Wildman–Crippen MR) is 120 cm³/mol. The molecule has 8 nitrogen and oxygen atoms in total. The smallest absolute Gasteiger partial charge is 0.247 e. The Hall–Kier alpha value is -1.64. The van der Waals surface area contributed by atoms with Crippen molar-refractivity contribution < 1.29 is 26.7 Å². The maximum atomic E-state index is 13.4. The van der Waals surface area contributed by atoms with Crippen LogP contribution in [0.2, 0.25) is 0 Å². The van der Waals surface area contributed by atoms with Crippen LogP contribution in [0.15, 0.2) is 23.1 Å². The average molecular weight is 473 g/mol. The number of fused-ring (bicyclic) bond motifs is 1. The molecule has 1 aromatic rings. The normalized spacial score (nSPS) is 22.4. The number of ether oxygens (including phenoxy) is 1. The Kier molecular flexibility index (Phi) is 8.53. The van der Waals surface area contributed by atoms with Gasteiger partial charge < -0.3 is 9.84 Å². The molecule has 0 fully saturated rings. The molecular weight excluding hydrogens is 440 g/mol. The van der Waals surface area contributed by atoms with Crippen molar-refractivity contribution in [2.24, 2.45) is 5.92 Å². The first-order valence-electron chi connectivity index (χ1n) is 10.2. The molecule has 31 heavy (non-hydrogen) atoms. The fraction of sp³-hybridized carbons (Fsp3) is 0.619. The highest BCUT2D eigenvalue weighted by Crippen LogP contribution is 2.34. The van der Waals surface area contributed by atoms with E-state index in [9.17, 15) is 21.9 Å². The number of hydrogen-bond donors (Lipinski definition) is 1. The quantitative estimate of drug-likeness (QED) is 0.629. The van der Waals surface area contributed by atoms with Crippen LogP contribution in [-0.2, 0) is 20.0 Å². The van der Waals surface area contributed by atoms with Crippen LogP contribution in [0.25, 0.3) is 0 Å². The Morgan fingerprint density at radius 2 is 2.06 bits per heavy atom. The standard InChI is InChI=1S/C21H32N2O6S2/c1-6-7-8-9-18-10-11-21-19(12-18)29-20(14-22(4)30(5,25)26)16(2)13-23(17(3)15-24)31(21,27)28/h10-12,16-17,20,24H,6-7,13-15H2,1-5H3/t16-,17+,20+/m0/s1. The van der Waals surface area contributed by atoms with E-state index in [4.69, 9.17) is 4.74 Å². The third-order valence-corrected chi connectivity index (χ3v) is 8.58. The van der Waals surface area contributed by atoms with Gasteiger partial charge in [0.1, 0.15) is 16.7 Å². The number of aliphatic hydroxyl groups is 1. The molecule has 1 heterocycles. The lowest BCUT2D eigenvalue weighted by Crippen LogP contribution is -2.50. The Labute approximate surface area is 186 Å². The van der Waals surface area contributed by atoms with Gasteiger partial charge in [-0.3, -0.25) is 0 Å². The molecule has 1 aromatic carbocycles. The number of benzene rings is 1. The van der Waals surface area contributed by atoms with Gasteiger partial charge in [-0.15, -0.1) is 0 Å². The summed E-state index contributed by atoms with van der Waals surface area (Å²) in [6.45, 7) is 5.27. The zero-order chi connectivity index (χ0) is 23.4. The molecule has 0 bridgehead atoms. The van der Waals surface area contributed by atoms with Crippen molar-refractivity contribution in [2.45, 2.75) is 50.7 Å². The molecule has 0 aliphatic carbocycles. The molecule has 2 rings (SSSR count). The molecule has 0 spiro atoms. The van der Waals surface area contributed by atoms with Crippen molar-refractivity contribution in [3.05, 3.63) is 23.8 Å². The summed E-state index contributed by atoms with van der Waals surface area (Å²) in [7, 11) is -5.93. The summed E-state index contributed by atoms with van der Waals surface area (Å²) in [5, 5.41) is 9.66. The van der Waals surface area contributed by atoms with E-state index in [1.165, 1.54) is 21.7 Å². The maximum Gasteiger partial charge on any atom is 0.247 e. The van der Waals surface area contributed by atoms with E-state index in [-0.39, 0.29) is 36.3 Å². The lowest BCUT2D eigenvalue weighted by Gasteiger charge is -2.37. The van der Waals surface area contributed by atoms with Crippen molar-refractivity contribution >= 4 is 20.0 Å². The molecule has 0 saturated heterocycles. The van der Waals surface area contributed by atoms with Crippen LogP contribution in [0.1, 0.15) is 39.2 Å². The van der Waals surface area contributed by atoms with E-state index in [2.05, 4.69) is 11.8 Å². The molecule has 3 atom stereocenters. The number of likely N-dealkylation sites (N-methyl/N-ethyl adjacent to an activating group) is 1. The van der Waals surface area contributed by atoms with Gasteiger partial charge in [0.2, 0.25) is 20.0 Å². The number of unbranched alkanes of at least 4 members (excludes halogenated alkanes) is 1. The molecule has 1 N–H and O–H groups in total. The minimum Gasteiger partial charge on any atom is -0.487 e. The zero-order valence-corrected chi connectivity index (χ0v) is 20.3. The van der Waals surface area contributed by atoms with Crippen LogP contribution in [0.4, 0.5) is 0 Å². The van der Waals surface area contributed by atoms with Gasteiger partial charge in [0, 0.05) is 37.5 Å². The summed E-state index contributed by atoms with van der Waals surface area (Å²) in [5.74, 6) is 5.84. The molecule has 0 unspecified atom stereocenters. The fourth-order valence-electron chi connectivity index (χ4n) is 3.20. The highest BCUT2D eigenvalue weighted by molar-refractivity contribution is 7.89. The van der Waals surface area contributed by atoms with Crippen molar-refractivity contribution in [3.63, 3.8) is 0 Å². The second-order valence-corrected chi connectivity index (χ2v) is 11.9. The lowest BCUT2D eigenvalue weighted by molar-refractivity contribution is 0.0905. The highest BCUT2D eigenvalue weighted by atomic mass is 32.2. The summed E-state index contributed by atoms with van der Waals surface area (Å²) < 4.78 is 59.2. The first-order valence-corrected chi connectivity index (χ1v) is 13.5. The van der Waals surface area contributed by atoms with Gasteiger partial charge in [-0.1, -0.05) is 25.7 Å². The molecular formula is C21H32N2O6S2. The maximum absolute atomic E-state index is 13.4. The Morgan fingerprint density at radius 3 is 2.65 bits per heavy atom. The topological polar surface area (TPSA) is 104 Å². The summed E-state index contributed by atoms with van der Waals surface area (Å²) in [4.78, 5) is -0.0206. The van der Waals surface area contributed by atoms with E-state index in [0.29, 0.717) is 5.56 Å². The summed E-state index contributed by atoms with van der Waals surface area (Å²) in [6, 6.07) is 4.04. The van der Waals surface area contributed by atoms with E-state index in [1.54, 1.807) is 19.1 Å². The molecule has 0 amide bonds. The van der Waals surface area contributed by atoms with Gasteiger partial charge in [-0.25, -0.2) is 21.1 Å². The fourth-order valence-corrected chi connectivity index (χ4v) is 5.44. The van der Waals surface area contributed by atoms with Crippen molar-refractivity contribution in [1.82, 2.24) is 8.61 Å². The zero-order valence-electron chi connectivity index (χ0n) is 18.7. The predicted octanol–water partition coefficient (Wildman–Crippen LogP) is 1.50. The number of rotatable bonds is 6. The third kappa shape index (κ3) is 6.20. The van der Waals surface area contributed by atoms with Crippen LogP contribution in [0.5, 0.6) is 5.75 Å². The van der Waals surface area contributed by atoms with E-state index in [0.717, 1.165) is 19.1 Å². The number of hydrogen-bond acceptors (Lipinski definition) is 6. The molecule has 1 aliphatic rings. The number of aliphatic hydroxyl groups excluding tert-OH is 1. The molecule has 1 aliphatic heterocycles. The minimum absolute atomic E-state index is 0.0206. The molecule has 10 heteroatoms. The Morgan fingerprint density at radius 1 is 1.39 bits per heavy atom. The summed E-state index contributed by atoms with van der Waals surface area (Å²) in [5.41, 5.74) is 0.618. The summed E-state index contributed by atoms with van der Waals surface area (Å²) >= 11 is 0. The second-order valence-electron chi connectivity index (χ2n) is 8.00. The van der Waals surface area contributed by atoms with Gasteiger partial charge in [-0.05, 0) is 31.5 Å². The van der Waals surface area contributed by atoms with Gasteiger partial charge in [-0.2, -0.15) is 4.31 Å². The van der Waals surface area contributed by atoms with Crippen LogP contribution in [0.3, 0.4) is 0 Å². The van der Waals surface area contributed by atoms with E-state index >= 15 is 0 Å².